The molecule has 4 N–H and O–H groups in total. The van der Waals surface area contributed by atoms with E-state index in [0.717, 1.165) is 17.1 Å². The number of hydrogen-bond acceptors (Lipinski definition) is 6. The van der Waals surface area contributed by atoms with E-state index in [2.05, 4.69) is 36.4 Å². The summed E-state index contributed by atoms with van der Waals surface area (Å²) in [6.07, 6.45) is 3.32. The second-order valence-electron chi connectivity index (χ2n) is 9.10. The van der Waals surface area contributed by atoms with Gasteiger partial charge in [0.05, 0.1) is 17.6 Å². The van der Waals surface area contributed by atoms with Gasteiger partial charge in [-0.25, -0.2) is 9.48 Å². The minimum absolute atomic E-state index is 0.202. The average Bonchev–Trinajstić information content (AvgIpc) is 3.29. The van der Waals surface area contributed by atoms with Gasteiger partial charge >= 0.3 is 6.03 Å². The van der Waals surface area contributed by atoms with Crippen LogP contribution in [0, 0.1) is 0 Å². The largest absolute Gasteiger partial charge is 0.492 e. The molecule has 0 atom stereocenters. The summed E-state index contributed by atoms with van der Waals surface area (Å²) in [5, 5.41) is 10.5. The van der Waals surface area contributed by atoms with Crippen LogP contribution in [-0.2, 0) is 5.41 Å². The van der Waals surface area contributed by atoms with Gasteiger partial charge in [-0.15, -0.1) is 0 Å². The summed E-state index contributed by atoms with van der Waals surface area (Å²) in [5.74, 6) is 2.54. The number of amides is 2. The molecule has 4 rings (SSSR count). The highest BCUT2D eigenvalue weighted by atomic mass is 16.5. The Morgan fingerprint density at radius 2 is 1.69 bits per heavy atom. The first-order valence-corrected chi connectivity index (χ1v) is 11.6. The van der Waals surface area contributed by atoms with E-state index in [9.17, 15) is 4.79 Å². The van der Waals surface area contributed by atoms with Crippen LogP contribution < -0.4 is 25.8 Å². The van der Waals surface area contributed by atoms with Gasteiger partial charge in [0.1, 0.15) is 29.7 Å². The molecule has 0 aliphatic rings. The summed E-state index contributed by atoms with van der Waals surface area (Å²) in [6, 6.07) is 19.7. The van der Waals surface area contributed by atoms with Crippen LogP contribution in [0.3, 0.4) is 0 Å². The highest BCUT2D eigenvalue weighted by Gasteiger charge is 2.21. The number of benzene rings is 2. The van der Waals surface area contributed by atoms with Gasteiger partial charge in [0.15, 0.2) is 0 Å². The highest BCUT2D eigenvalue weighted by Crippen LogP contribution is 2.27. The zero-order valence-electron chi connectivity index (χ0n) is 20.6. The van der Waals surface area contributed by atoms with Crippen LogP contribution in [0.2, 0.25) is 0 Å². The molecule has 0 spiro atoms. The first-order valence-electron chi connectivity index (χ1n) is 11.6. The fourth-order valence-electron chi connectivity index (χ4n) is 3.32. The van der Waals surface area contributed by atoms with Crippen LogP contribution >= 0.6 is 0 Å². The minimum atomic E-state index is -0.388. The first-order chi connectivity index (χ1) is 17.3. The number of carbonyl (C=O) groups excluding carboxylic acids is 1. The van der Waals surface area contributed by atoms with Gasteiger partial charge in [0, 0.05) is 29.9 Å². The molecular formula is C27H30N6O3. The molecule has 0 saturated heterocycles. The molecule has 2 heterocycles. The number of nitrogens with one attached hydrogen (secondary N) is 2. The molecule has 0 unspecified atom stereocenters. The molecule has 0 aliphatic heterocycles. The Kier molecular flexibility index (Phi) is 7.50. The third-order valence-electron chi connectivity index (χ3n) is 5.17. The predicted molar refractivity (Wildman–Crippen MR) is 140 cm³/mol. The summed E-state index contributed by atoms with van der Waals surface area (Å²) in [4.78, 5) is 16.9. The molecule has 36 heavy (non-hydrogen) atoms. The molecular weight excluding hydrogens is 456 g/mol. The molecule has 4 aromatic rings. The number of urea groups is 1. The van der Waals surface area contributed by atoms with Crippen molar-refractivity contribution in [2.45, 2.75) is 26.2 Å². The van der Waals surface area contributed by atoms with E-state index in [1.54, 1.807) is 47.4 Å². The van der Waals surface area contributed by atoms with Gasteiger partial charge in [-0.2, -0.15) is 5.10 Å². The number of ether oxygens (including phenoxy) is 2. The monoisotopic (exact) mass is 486 g/mol. The van der Waals surface area contributed by atoms with E-state index in [4.69, 9.17) is 20.3 Å². The quantitative estimate of drug-likeness (QED) is 0.310. The number of pyridine rings is 1. The van der Waals surface area contributed by atoms with Crippen molar-refractivity contribution in [3.8, 4) is 22.9 Å². The third-order valence-corrected chi connectivity index (χ3v) is 5.17. The molecule has 2 aromatic carbocycles. The van der Waals surface area contributed by atoms with E-state index in [1.807, 2.05) is 36.4 Å². The Morgan fingerprint density at radius 1 is 0.972 bits per heavy atom. The SMILES string of the molecule is CC(C)(C)c1cc(NC(=O)Nc2ccc(Oc3cccnc3)cc2)n(-c2ccc(OCCN)cc2)n1. The number of nitrogens with two attached hydrogens (primary N) is 1. The molecule has 2 aromatic heterocycles. The highest BCUT2D eigenvalue weighted by molar-refractivity contribution is 5.99. The van der Waals surface area contributed by atoms with Crippen molar-refractivity contribution < 1.29 is 14.3 Å². The molecule has 0 fully saturated rings. The average molecular weight is 487 g/mol. The number of rotatable bonds is 8. The van der Waals surface area contributed by atoms with Crippen molar-refractivity contribution in [3.05, 3.63) is 84.8 Å². The minimum Gasteiger partial charge on any atom is -0.492 e. The van der Waals surface area contributed by atoms with Gasteiger partial charge in [-0.1, -0.05) is 20.8 Å². The smallest absolute Gasteiger partial charge is 0.324 e. The Bertz CT molecular complexity index is 1280. The summed E-state index contributed by atoms with van der Waals surface area (Å²) in [6.45, 7) is 7.10. The molecule has 186 valence electrons. The van der Waals surface area contributed by atoms with Crippen molar-refractivity contribution >= 4 is 17.5 Å². The molecule has 9 heteroatoms. The Labute approximate surface area is 210 Å². The topological polar surface area (TPSA) is 116 Å². The van der Waals surface area contributed by atoms with Crippen LogP contribution in [0.1, 0.15) is 26.5 Å². The lowest BCUT2D eigenvalue weighted by atomic mass is 9.92. The van der Waals surface area contributed by atoms with Gasteiger partial charge < -0.3 is 20.5 Å². The summed E-state index contributed by atoms with van der Waals surface area (Å²) in [5.41, 5.74) is 7.56. The maximum absolute atomic E-state index is 12.8. The van der Waals surface area contributed by atoms with Crippen molar-refractivity contribution in [2.24, 2.45) is 5.73 Å². The van der Waals surface area contributed by atoms with Crippen LogP contribution in [0.25, 0.3) is 5.69 Å². The molecule has 2 amide bonds. The standard InChI is InChI=1S/C27H30N6O3/c1-27(2,3)24-17-25(33(32-24)20-8-12-21(13-9-20)35-16-14-28)31-26(34)30-19-6-10-22(11-7-19)36-23-5-4-15-29-18-23/h4-13,15,17-18H,14,16,28H2,1-3H3,(H2,30,31,34). The zero-order chi connectivity index (χ0) is 25.5. The molecule has 0 radical (unpaired) electrons. The molecule has 0 saturated carbocycles. The van der Waals surface area contributed by atoms with Crippen LogP contribution in [-0.4, -0.2) is 33.9 Å². The molecule has 0 bridgehead atoms. The number of aromatic nitrogens is 3. The maximum atomic E-state index is 12.8. The Balaban J connectivity index is 1.47. The van der Waals surface area contributed by atoms with Crippen LogP contribution in [0.4, 0.5) is 16.3 Å². The van der Waals surface area contributed by atoms with Crippen molar-refractivity contribution in [2.75, 3.05) is 23.8 Å². The lowest BCUT2D eigenvalue weighted by Crippen LogP contribution is -2.21. The zero-order valence-corrected chi connectivity index (χ0v) is 20.6. The van der Waals surface area contributed by atoms with Crippen molar-refractivity contribution in [1.29, 1.82) is 0 Å². The fraction of sp³-hybridized carbons (Fsp3) is 0.222. The lowest BCUT2D eigenvalue weighted by molar-refractivity contribution is 0.262. The summed E-state index contributed by atoms with van der Waals surface area (Å²) in [7, 11) is 0. The van der Waals surface area contributed by atoms with Gasteiger partial charge in [-0.05, 0) is 60.7 Å². The summed E-state index contributed by atoms with van der Waals surface area (Å²) < 4.78 is 13.0. The first kappa shape index (κ1) is 24.7. The second-order valence-corrected chi connectivity index (χ2v) is 9.10. The predicted octanol–water partition coefficient (Wildman–Crippen LogP) is 5.34. The van der Waals surface area contributed by atoms with E-state index in [0.29, 0.717) is 36.2 Å². The van der Waals surface area contributed by atoms with Gasteiger partial charge in [0.2, 0.25) is 0 Å². The second kappa shape index (κ2) is 10.9. The van der Waals surface area contributed by atoms with E-state index in [-0.39, 0.29) is 11.4 Å². The van der Waals surface area contributed by atoms with Gasteiger partial charge in [-0.3, -0.25) is 10.3 Å². The maximum Gasteiger partial charge on any atom is 0.324 e. The number of anilines is 2. The van der Waals surface area contributed by atoms with Crippen molar-refractivity contribution in [1.82, 2.24) is 14.8 Å². The molecule has 9 nitrogen and oxygen atoms in total. The van der Waals surface area contributed by atoms with E-state index in [1.165, 1.54) is 0 Å². The summed E-state index contributed by atoms with van der Waals surface area (Å²) >= 11 is 0. The Morgan fingerprint density at radius 3 is 2.33 bits per heavy atom. The van der Waals surface area contributed by atoms with E-state index < -0.39 is 0 Å². The van der Waals surface area contributed by atoms with E-state index >= 15 is 0 Å². The van der Waals surface area contributed by atoms with Crippen molar-refractivity contribution in [3.63, 3.8) is 0 Å². The number of carbonyl (C=O) groups is 1. The molecule has 0 aliphatic carbocycles. The normalized spacial score (nSPS) is 11.1. The van der Waals surface area contributed by atoms with Crippen LogP contribution in [0.15, 0.2) is 79.1 Å². The lowest BCUT2D eigenvalue weighted by Gasteiger charge is -2.14. The number of hydrogen-bond donors (Lipinski definition) is 3. The van der Waals surface area contributed by atoms with Gasteiger partial charge in [0.25, 0.3) is 0 Å². The fourth-order valence-corrected chi connectivity index (χ4v) is 3.32. The van der Waals surface area contributed by atoms with Crippen LogP contribution in [0.5, 0.6) is 17.2 Å². The third kappa shape index (κ3) is 6.39. The Hall–Kier alpha value is -4.37. The number of nitrogens with zero attached hydrogens (tertiary/aromatic N) is 3.